The number of morpholine rings is 1. The molecule has 4 nitrogen and oxygen atoms in total. The molecule has 2 aliphatic heterocycles. The van der Waals surface area contributed by atoms with Gasteiger partial charge in [0.1, 0.15) is 0 Å². The zero-order valence-electron chi connectivity index (χ0n) is 21.9. The van der Waals surface area contributed by atoms with Crippen molar-refractivity contribution in [1.29, 1.82) is 0 Å². The van der Waals surface area contributed by atoms with Gasteiger partial charge in [-0.1, -0.05) is 20.8 Å². The maximum atomic E-state index is 12.5. The van der Waals surface area contributed by atoms with Gasteiger partial charge in [0, 0.05) is 57.1 Å². The fourth-order valence-electron chi connectivity index (χ4n) is 6.16. The van der Waals surface area contributed by atoms with Crippen LogP contribution in [0.4, 0.5) is 24.5 Å². The first-order valence-corrected chi connectivity index (χ1v) is 13.6. The SMILES string of the molecule is CC(C)(C)C1CCC(c2cc(N3CCOCC3)ccc2N2CCN(CCCC(F)(F)F)CC2)CC1. The molecule has 0 radical (unpaired) electrons. The molecule has 0 N–H and O–H groups in total. The van der Waals surface area contributed by atoms with E-state index in [9.17, 15) is 13.2 Å². The van der Waals surface area contributed by atoms with Crippen molar-refractivity contribution in [3.8, 4) is 0 Å². The molecule has 7 heteroatoms. The van der Waals surface area contributed by atoms with Crippen molar-refractivity contribution >= 4 is 11.4 Å². The van der Waals surface area contributed by atoms with E-state index >= 15 is 0 Å². The van der Waals surface area contributed by atoms with Gasteiger partial charge in [-0.2, -0.15) is 13.2 Å². The summed E-state index contributed by atoms with van der Waals surface area (Å²) in [6.45, 7) is 14.5. The molecule has 2 saturated heterocycles. The van der Waals surface area contributed by atoms with Crippen LogP contribution < -0.4 is 9.80 Å². The van der Waals surface area contributed by atoms with Crippen molar-refractivity contribution < 1.29 is 17.9 Å². The van der Waals surface area contributed by atoms with Gasteiger partial charge in [0.2, 0.25) is 0 Å². The third kappa shape index (κ3) is 7.28. The van der Waals surface area contributed by atoms with Crippen LogP contribution >= 0.6 is 0 Å². The Morgan fingerprint density at radius 1 is 0.857 bits per heavy atom. The predicted molar refractivity (Wildman–Crippen MR) is 138 cm³/mol. The van der Waals surface area contributed by atoms with E-state index in [-0.39, 0.29) is 6.42 Å². The van der Waals surface area contributed by atoms with Crippen molar-refractivity contribution in [2.75, 3.05) is 68.8 Å². The number of piperazine rings is 1. The van der Waals surface area contributed by atoms with Crippen molar-refractivity contribution in [3.05, 3.63) is 23.8 Å². The van der Waals surface area contributed by atoms with Crippen molar-refractivity contribution in [2.24, 2.45) is 11.3 Å². The lowest BCUT2D eigenvalue weighted by molar-refractivity contribution is -0.136. The molecule has 0 unspecified atom stereocenters. The van der Waals surface area contributed by atoms with E-state index in [2.05, 4.69) is 53.7 Å². The molecule has 1 saturated carbocycles. The Bertz CT molecular complexity index is 801. The summed E-state index contributed by atoms with van der Waals surface area (Å²) in [6, 6.07) is 7.02. The molecule has 0 aromatic heterocycles. The van der Waals surface area contributed by atoms with E-state index in [1.165, 1.54) is 42.6 Å². The Morgan fingerprint density at radius 3 is 2.11 bits per heavy atom. The molecule has 1 aromatic rings. The maximum Gasteiger partial charge on any atom is 0.389 e. The van der Waals surface area contributed by atoms with Crippen molar-refractivity contribution in [3.63, 3.8) is 0 Å². The first-order chi connectivity index (χ1) is 16.6. The van der Waals surface area contributed by atoms with E-state index in [0.717, 1.165) is 58.4 Å². The molecule has 2 heterocycles. The Morgan fingerprint density at radius 2 is 1.51 bits per heavy atom. The van der Waals surface area contributed by atoms with E-state index in [4.69, 9.17) is 4.74 Å². The van der Waals surface area contributed by atoms with Gasteiger partial charge in [-0.3, -0.25) is 4.90 Å². The fourth-order valence-corrected chi connectivity index (χ4v) is 6.16. The second-order valence-corrected chi connectivity index (χ2v) is 11.8. The summed E-state index contributed by atoms with van der Waals surface area (Å²) in [7, 11) is 0. The highest BCUT2D eigenvalue weighted by Crippen LogP contribution is 2.46. The molecular formula is C28H44F3N3O. The number of alkyl halides is 3. The Balaban J connectivity index is 1.45. The number of halogens is 3. The summed E-state index contributed by atoms with van der Waals surface area (Å²) in [4.78, 5) is 7.11. The third-order valence-electron chi connectivity index (χ3n) is 8.43. The lowest BCUT2D eigenvalue weighted by atomic mass is 9.68. The van der Waals surface area contributed by atoms with Crippen LogP contribution in [0.1, 0.15) is 70.8 Å². The van der Waals surface area contributed by atoms with E-state index in [1.54, 1.807) is 0 Å². The Hall–Kier alpha value is -1.47. The highest BCUT2D eigenvalue weighted by atomic mass is 19.4. The zero-order chi connectivity index (χ0) is 25.1. The highest BCUT2D eigenvalue weighted by Gasteiger charge is 2.32. The number of ether oxygens (including phenoxy) is 1. The third-order valence-corrected chi connectivity index (χ3v) is 8.43. The van der Waals surface area contributed by atoms with Crippen LogP contribution in [0.25, 0.3) is 0 Å². The lowest BCUT2D eigenvalue weighted by Gasteiger charge is -2.41. The lowest BCUT2D eigenvalue weighted by Crippen LogP contribution is -2.47. The minimum Gasteiger partial charge on any atom is -0.378 e. The van der Waals surface area contributed by atoms with Crippen LogP contribution in [0, 0.1) is 11.3 Å². The summed E-state index contributed by atoms with van der Waals surface area (Å²) in [6.07, 6.45) is 0.491. The number of nitrogens with zero attached hydrogens (tertiary/aromatic N) is 3. The van der Waals surface area contributed by atoms with Gasteiger partial charge < -0.3 is 14.5 Å². The highest BCUT2D eigenvalue weighted by molar-refractivity contribution is 5.63. The monoisotopic (exact) mass is 495 g/mol. The first kappa shape index (κ1) is 26.6. The van der Waals surface area contributed by atoms with Gasteiger partial charge in [-0.25, -0.2) is 0 Å². The van der Waals surface area contributed by atoms with Crippen LogP contribution in [-0.2, 0) is 4.74 Å². The van der Waals surface area contributed by atoms with Crippen molar-refractivity contribution in [2.45, 2.75) is 71.4 Å². The van der Waals surface area contributed by atoms with Gasteiger partial charge in [-0.15, -0.1) is 0 Å². The van der Waals surface area contributed by atoms with Gasteiger partial charge in [0.05, 0.1) is 13.2 Å². The first-order valence-electron chi connectivity index (χ1n) is 13.6. The maximum absolute atomic E-state index is 12.5. The molecular weight excluding hydrogens is 451 g/mol. The number of hydrogen-bond donors (Lipinski definition) is 0. The second-order valence-electron chi connectivity index (χ2n) is 11.8. The molecule has 0 atom stereocenters. The van der Waals surface area contributed by atoms with Crippen LogP contribution in [0.2, 0.25) is 0 Å². The minimum absolute atomic E-state index is 0.194. The minimum atomic E-state index is -4.05. The molecule has 35 heavy (non-hydrogen) atoms. The summed E-state index contributed by atoms with van der Waals surface area (Å²) < 4.78 is 43.2. The molecule has 0 bridgehead atoms. The molecule has 4 rings (SSSR count). The number of rotatable bonds is 6. The van der Waals surface area contributed by atoms with Crippen LogP contribution in [0.15, 0.2) is 18.2 Å². The van der Waals surface area contributed by atoms with Gasteiger partial charge in [0.25, 0.3) is 0 Å². The smallest absolute Gasteiger partial charge is 0.378 e. The van der Waals surface area contributed by atoms with Crippen LogP contribution in [0.5, 0.6) is 0 Å². The van der Waals surface area contributed by atoms with Gasteiger partial charge in [-0.05, 0) is 79.7 Å². The average Bonchev–Trinajstić information content (AvgIpc) is 2.83. The normalized spacial score (nSPS) is 25.2. The summed E-state index contributed by atoms with van der Waals surface area (Å²) in [5, 5.41) is 0. The van der Waals surface area contributed by atoms with Gasteiger partial charge in [0.15, 0.2) is 0 Å². The molecule has 198 valence electrons. The standard InChI is InChI=1S/C28H44F3N3O/c1-27(2,3)23-7-5-22(6-8-23)25-21-24(33-17-19-35-20-18-33)9-10-26(25)34-15-13-32(14-16-34)12-4-11-28(29,30)31/h9-10,21-23H,4-8,11-20H2,1-3H3. The average molecular weight is 496 g/mol. The molecule has 0 amide bonds. The Kier molecular flexibility index (Phi) is 8.57. The van der Waals surface area contributed by atoms with E-state index in [0.29, 0.717) is 17.9 Å². The van der Waals surface area contributed by atoms with E-state index in [1.807, 2.05) is 0 Å². The van der Waals surface area contributed by atoms with Crippen molar-refractivity contribution in [1.82, 2.24) is 4.90 Å². The quantitative estimate of drug-likeness (QED) is 0.460. The molecule has 3 fully saturated rings. The molecule has 1 aromatic carbocycles. The second kappa shape index (κ2) is 11.3. The predicted octanol–water partition coefficient (Wildman–Crippen LogP) is 6.31. The molecule has 3 aliphatic rings. The van der Waals surface area contributed by atoms with E-state index < -0.39 is 12.6 Å². The number of anilines is 2. The van der Waals surface area contributed by atoms with Gasteiger partial charge >= 0.3 is 6.18 Å². The van der Waals surface area contributed by atoms with Crippen LogP contribution in [0.3, 0.4) is 0 Å². The number of benzene rings is 1. The van der Waals surface area contributed by atoms with Crippen LogP contribution in [-0.4, -0.2) is 70.1 Å². The largest absolute Gasteiger partial charge is 0.389 e. The fraction of sp³-hybridized carbons (Fsp3) is 0.786. The number of hydrogen-bond acceptors (Lipinski definition) is 4. The zero-order valence-corrected chi connectivity index (χ0v) is 21.9. The summed E-state index contributed by atoms with van der Waals surface area (Å²) in [5.41, 5.74) is 4.49. The Labute approximate surface area is 209 Å². The summed E-state index contributed by atoms with van der Waals surface area (Å²) >= 11 is 0. The summed E-state index contributed by atoms with van der Waals surface area (Å²) in [5.74, 6) is 1.36. The molecule has 1 aliphatic carbocycles. The topological polar surface area (TPSA) is 19.0 Å². The molecule has 0 spiro atoms.